The molecule has 1 aliphatic heterocycles. The van der Waals surface area contributed by atoms with Gasteiger partial charge in [-0.25, -0.2) is 0 Å². The van der Waals surface area contributed by atoms with Crippen molar-refractivity contribution in [2.24, 2.45) is 0 Å². The van der Waals surface area contributed by atoms with Gasteiger partial charge in [-0.15, -0.1) is 0 Å². The Kier molecular flexibility index (Phi) is 4.93. The number of hydrogen-bond acceptors (Lipinski definition) is 3. The molecule has 0 aromatic heterocycles. The SMILES string of the molecule is CCNCCCC(O)c1ccc2c(c1)CCC(=O)N2. The van der Waals surface area contributed by atoms with Gasteiger partial charge in [0.05, 0.1) is 6.10 Å². The Morgan fingerprint density at radius 3 is 3.05 bits per heavy atom. The fourth-order valence-electron chi connectivity index (χ4n) is 2.37. The second-order valence-electron chi connectivity index (χ2n) is 4.98. The number of benzene rings is 1. The molecule has 0 radical (unpaired) electrons. The van der Waals surface area contributed by atoms with Crippen LogP contribution in [0.15, 0.2) is 18.2 Å². The number of aliphatic hydroxyl groups excluding tert-OH is 1. The fraction of sp³-hybridized carbons (Fsp3) is 0.533. The Labute approximate surface area is 114 Å². The molecule has 0 saturated carbocycles. The Morgan fingerprint density at radius 2 is 2.26 bits per heavy atom. The van der Waals surface area contributed by atoms with Gasteiger partial charge in [-0.3, -0.25) is 4.79 Å². The van der Waals surface area contributed by atoms with Gasteiger partial charge in [-0.2, -0.15) is 0 Å². The van der Waals surface area contributed by atoms with Crippen LogP contribution < -0.4 is 10.6 Å². The molecule has 1 aromatic rings. The molecule has 1 aliphatic rings. The lowest BCUT2D eigenvalue weighted by atomic mass is 9.97. The van der Waals surface area contributed by atoms with Crippen molar-refractivity contribution in [1.29, 1.82) is 0 Å². The lowest BCUT2D eigenvalue weighted by molar-refractivity contribution is -0.116. The minimum absolute atomic E-state index is 0.0754. The van der Waals surface area contributed by atoms with Gasteiger partial charge in [0.2, 0.25) is 5.91 Å². The maximum Gasteiger partial charge on any atom is 0.224 e. The molecule has 0 fully saturated rings. The van der Waals surface area contributed by atoms with Crippen molar-refractivity contribution in [2.75, 3.05) is 18.4 Å². The predicted molar refractivity (Wildman–Crippen MR) is 76.1 cm³/mol. The number of carbonyl (C=O) groups is 1. The highest BCUT2D eigenvalue weighted by atomic mass is 16.3. The highest BCUT2D eigenvalue weighted by Gasteiger charge is 2.16. The zero-order chi connectivity index (χ0) is 13.7. The van der Waals surface area contributed by atoms with Gasteiger partial charge in [-0.1, -0.05) is 19.1 Å². The van der Waals surface area contributed by atoms with E-state index in [1.54, 1.807) is 0 Å². The minimum Gasteiger partial charge on any atom is -0.388 e. The van der Waals surface area contributed by atoms with E-state index in [1.165, 1.54) is 0 Å². The summed E-state index contributed by atoms with van der Waals surface area (Å²) in [7, 11) is 0. The first-order chi connectivity index (χ1) is 9.20. The van der Waals surface area contributed by atoms with E-state index in [0.29, 0.717) is 6.42 Å². The van der Waals surface area contributed by atoms with E-state index in [1.807, 2.05) is 18.2 Å². The summed E-state index contributed by atoms with van der Waals surface area (Å²) in [6, 6.07) is 5.82. The van der Waals surface area contributed by atoms with E-state index in [4.69, 9.17) is 0 Å². The van der Waals surface area contributed by atoms with Crippen LogP contribution >= 0.6 is 0 Å². The number of hydrogen-bond donors (Lipinski definition) is 3. The van der Waals surface area contributed by atoms with E-state index in [-0.39, 0.29) is 5.91 Å². The minimum atomic E-state index is -0.415. The largest absolute Gasteiger partial charge is 0.388 e. The first-order valence-electron chi connectivity index (χ1n) is 7.02. The Bertz CT molecular complexity index is 446. The quantitative estimate of drug-likeness (QED) is 0.687. The summed E-state index contributed by atoms with van der Waals surface area (Å²) in [5.74, 6) is 0.0754. The maximum absolute atomic E-state index is 11.3. The maximum atomic E-state index is 11.3. The summed E-state index contributed by atoms with van der Waals surface area (Å²) in [6.07, 6.45) is 2.61. The molecule has 1 atom stereocenters. The number of anilines is 1. The topological polar surface area (TPSA) is 61.4 Å². The van der Waals surface area contributed by atoms with Crippen LogP contribution in [-0.2, 0) is 11.2 Å². The number of rotatable bonds is 6. The Morgan fingerprint density at radius 1 is 1.42 bits per heavy atom. The van der Waals surface area contributed by atoms with Gasteiger partial charge < -0.3 is 15.7 Å². The van der Waals surface area contributed by atoms with Gasteiger partial charge in [0.1, 0.15) is 0 Å². The average Bonchev–Trinajstić information content (AvgIpc) is 2.42. The summed E-state index contributed by atoms with van der Waals surface area (Å²) in [4.78, 5) is 11.3. The van der Waals surface area contributed by atoms with E-state index in [2.05, 4.69) is 17.6 Å². The normalized spacial score (nSPS) is 15.8. The molecule has 2 rings (SSSR count). The Balaban J connectivity index is 1.95. The molecule has 1 amide bonds. The van der Waals surface area contributed by atoms with Gasteiger partial charge in [0.15, 0.2) is 0 Å². The molecule has 4 heteroatoms. The molecule has 1 aromatic carbocycles. The van der Waals surface area contributed by atoms with Gasteiger partial charge in [-0.05, 0) is 49.5 Å². The van der Waals surface area contributed by atoms with Crippen LogP contribution in [0.4, 0.5) is 5.69 Å². The lowest BCUT2D eigenvalue weighted by Gasteiger charge is -2.19. The summed E-state index contributed by atoms with van der Waals surface area (Å²) >= 11 is 0. The highest BCUT2D eigenvalue weighted by Crippen LogP contribution is 2.27. The van der Waals surface area contributed by atoms with Crippen LogP contribution in [0.1, 0.15) is 43.4 Å². The van der Waals surface area contributed by atoms with Crippen molar-refractivity contribution in [1.82, 2.24) is 5.32 Å². The molecular weight excluding hydrogens is 240 g/mol. The molecule has 3 N–H and O–H groups in total. The van der Waals surface area contributed by atoms with Crippen LogP contribution in [0.5, 0.6) is 0 Å². The molecule has 0 bridgehead atoms. The number of amides is 1. The van der Waals surface area contributed by atoms with Crippen LogP contribution in [0.3, 0.4) is 0 Å². The van der Waals surface area contributed by atoms with Crippen LogP contribution in [-0.4, -0.2) is 24.1 Å². The summed E-state index contributed by atoms with van der Waals surface area (Å²) in [5, 5.41) is 16.3. The van der Waals surface area contributed by atoms with E-state index < -0.39 is 6.10 Å². The number of nitrogens with one attached hydrogen (secondary N) is 2. The number of aryl methyl sites for hydroxylation is 1. The monoisotopic (exact) mass is 262 g/mol. The first-order valence-corrected chi connectivity index (χ1v) is 7.02. The van der Waals surface area contributed by atoms with Crippen molar-refractivity contribution >= 4 is 11.6 Å². The van der Waals surface area contributed by atoms with Gasteiger partial charge >= 0.3 is 0 Å². The molecule has 104 valence electrons. The molecule has 0 saturated heterocycles. The van der Waals surface area contributed by atoms with Crippen LogP contribution in [0.25, 0.3) is 0 Å². The lowest BCUT2D eigenvalue weighted by Crippen LogP contribution is -2.19. The number of fused-ring (bicyclic) bond motifs is 1. The molecule has 4 nitrogen and oxygen atoms in total. The molecule has 19 heavy (non-hydrogen) atoms. The van der Waals surface area contributed by atoms with Crippen molar-refractivity contribution < 1.29 is 9.90 Å². The second-order valence-corrected chi connectivity index (χ2v) is 4.98. The van der Waals surface area contributed by atoms with Gasteiger partial charge in [0, 0.05) is 12.1 Å². The van der Waals surface area contributed by atoms with Crippen molar-refractivity contribution in [2.45, 2.75) is 38.7 Å². The number of aliphatic hydroxyl groups is 1. The van der Waals surface area contributed by atoms with E-state index in [9.17, 15) is 9.90 Å². The molecule has 1 unspecified atom stereocenters. The molecule has 0 aliphatic carbocycles. The molecule has 1 heterocycles. The van der Waals surface area contributed by atoms with Crippen LogP contribution in [0, 0.1) is 0 Å². The Hall–Kier alpha value is -1.39. The fourth-order valence-corrected chi connectivity index (χ4v) is 2.37. The number of carbonyl (C=O) groups excluding carboxylic acids is 1. The summed E-state index contributed by atoms with van der Waals surface area (Å²) < 4.78 is 0. The molecular formula is C15H22N2O2. The summed E-state index contributed by atoms with van der Waals surface area (Å²) in [5.41, 5.74) is 2.97. The highest BCUT2D eigenvalue weighted by molar-refractivity contribution is 5.93. The zero-order valence-electron chi connectivity index (χ0n) is 11.4. The van der Waals surface area contributed by atoms with E-state index >= 15 is 0 Å². The van der Waals surface area contributed by atoms with Crippen molar-refractivity contribution in [3.63, 3.8) is 0 Å². The zero-order valence-corrected chi connectivity index (χ0v) is 11.4. The van der Waals surface area contributed by atoms with Crippen molar-refractivity contribution in [3.05, 3.63) is 29.3 Å². The van der Waals surface area contributed by atoms with Gasteiger partial charge in [0.25, 0.3) is 0 Å². The van der Waals surface area contributed by atoms with Crippen LogP contribution in [0.2, 0.25) is 0 Å². The second kappa shape index (κ2) is 6.68. The van der Waals surface area contributed by atoms with E-state index in [0.717, 1.165) is 49.2 Å². The average molecular weight is 262 g/mol. The predicted octanol–water partition coefficient (Wildman–Crippen LogP) is 1.99. The first kappa shape index (κ1) is 14.0. The third-order valence-corrected chi connectivity index (χ3v) is 3.49. The van der Waals surface area contributed by atoms with Crippen molar-refractivity contribution in [3.8, 4) is 0 Å². The third kappa shape index (κ3) is 3.78. The standard InChI is InChI=1S/C15H22N2O2/c1-2-16-9-3-4-14(18)12-5-7-13-11(10-12)6-8-15(19)17-13/h5,7,10,14,16,18H,2-4,6,8-9H2,1H3,(H,17,19). The third-order valence-electron chi connectivity index (χ3n) is 3.49. The molecule has 0 spiro atoms. The smallest absolute Gasteiger partial charge is 0.224 e. The summed E-state index contributed by atoms with van der Waals surface area (Å²) in [6.45, 7) is 3.98.